The number of aryl methyl sites for hydroxylation is 1. The standard InChI is InChI=1S/C26H29N5O5/c1-16-10-22(26(35-3)6-9-36-15-26)29-24(11-16)31-14-20(18-4-7-30(8-5-18)25(33)34)19-13-27-23(12-21(19)31)28-17(2)32/h4,10-14H,5-9,15H2,1-3H3,(H,33,34)(H,27,28,32)/t26-/m0/s1. The Kier molecular flexibility index (Phi) is 6.23. The predicted molar refractivity (Wildman–Crippen MR) is 134 cm³/mol. The number of hydrogen-bond acceptors (Lipinski definition) is 6. The number of fused-ring (bicyclic) bond motifs is 1. The van der Waals surface area contributed by atoms with E-state index in [2.05, 4.69) is 10.3 Å². The fourth-order valence-corrected chi connectivity index (χ4v) is 4.92. The molecule has 0 bridgehead atoms. The molecule has 3 aromatic rings. The van der Waals surface area contributed by atoms with Crippen molar-refractivity contribution >= 4 is 34.3 Å². The van der Waals surface area contributed by atoms with Crippen LogP contribution in [0.3, 0.4) is 0 Å². The lowest BCUT2D eigenvalue weighted by Crippen LogP contribution is -2.33. The summed E-state index contributed by atoms with van der Waals surface area (Å²) in [7, 11) is 1.68. The minimum absolute atomic E-state index is 0.205. The molecule has 0 saturated carbocycles. The number of pyridine rings is 2. The number of ether oxygens (including phenoxy) is 2. The van der Waals surface area contributed by atoms with Crippen molar-refractivity contribution in [2.24, 2.45) is 0 Å². The number of carbonyl (C=O) groups is 2. The molecule has 0 aliphatic carbocycles. The molecule has 5 heterocycles. The van der Waals surface area contributed by atoms with E-state index >= 15 is 0 Å². The van der Waals surface area contributed by atoms with Gasteiger partial charge in [0.05, 0.1) is 17.8 Å². The largest absolute Gasteiger partial charge is 0.465 e. The van der Waals surface area contributed by atoms with Crippen molar-refractivity contribution in [2.75, 3.05) is 38.7 Å². The van der Waals surface area contributed by atoms with E-state index in [1.54, 1.807) is 13.3 Å². The van der Waals surface area contributed by atoms with E-state index in [4.69, 9.17) is 14.5 Å². The Hall–Kier alpha value is -3.76. The molecule has 5 rings (SSSR count). The first-order valence-corrected chi connectivity index (χ1v) is 11.9. The van der Waals surface area contributed by atoms with Gasteiger partial charge in [-0.05, 0) is 36.6 Å². The van der Waals surface area contributed by atoms with Crippen molar-refractivity contribution in [3.05, 3.63) is 53.5 Å². The van der Waals surface area contributed by atoms with E-state index < -0.39 is 11.7 Å². The lowest BCUT2D eigenvalue weighted by molar-refractivity contribution is -0.114. The maximum Gasteiger partial charge on any atom is 0.407 e. The van der Waals surface area contributed by atoms with Gasteiger partial charge in [0.1, 0.15) is 17.2 Å². The molecular weight excluding hydrogens is 462 g/mol. The van der Waals surface area contributed by atoms with Crippen LogP contribution in [0.4, 0.5) is 10.6 Å². The molecule has 2 aliphatic rings. The molecular formula is C26H29N5O5. The van der Waals surface area contributed by atoms with Gasteiger partial charge in [-0.25, -0.2) is 14.8 Å². The second-order valence-corrected chi connectivity index (χ2v) is 9.28. The highest BCUT2D eigenvalue weighted by Crippen LogP contribution is 2.36. The van der Waals surface area contributed by atoms with Crippen LogP contribution >= 0.6 is 0 Å². The number of nitrogens with zero attached hydrogens (tertiary/aromatic N) is 4. The van der Waals surface area contributed by atoms with Crippen LogP contribution in [0.25, 0.3) is 22.3 Å². The van der Waals surface area contributed by atoms with E-state index in [1.165, 1.54) is 11.8 Å². The molecule has 3 aromatic heterocycles. The van der Waals surface area contributed by atoms with E-state index in [0.29, 0.717) is 44.4 Å². The minimum atomic E-state index is -0.922. The van der Waals surface area contributed by atoms with Crippen molar-refractivity contribution < 1.29 is 24.2 Å². The van der Waals surface area contributed by atoms with Crippen molar-refractivity contribution in [3.63, 3.8) is 0 Å². The van der Waals surface area contributed by atoms with Crippen LogP contribution in [0.1, 0.15) is 36.6 Å². The normalized spacial score (nSPS) is 20.0. The Labute approximate surface area is 208 Å². The van der Waals surface area contributed by atoms with Crippen LogP contribution in [0.15, 0.2) is 36.7 Å². The molecule has 1 atom stereocenters. The van der Waals surface area contributed by atoms with Crippen LogP contribution in [0.2, 0.25) is 0 Å². The third-order valence-corrected chi connectivity index (χ3v) is 6.87. The van der Waals surface area contributed by atoms with Crippen molar-refractivity contribution in [2.45, 2.75) is 32.3 Å². The van der Waals surface area contributed by atoms with Gasteiger partial charge in [-0.2, -0.15) is 0 Å². The Morgan fingerprint density at radius 2 is 2.11 bits per heavy atom. The zero-order chi connectivity index (χ0) is 25.4. The second kappa shape index (κ2) is 9.36. The van der Waals surface area contributed by atoms with Gasteiger partial charge in [0.15, 0.2) is 0 Å². The van der Waals surface area contributed by atoms with Crippen LogP contribution in [0.5, 0.6) is 0 Å². The summed E-state index contributed by atoms with van der Waals surface area (Å²) < 4.78 is 13.5. The number of carboxylic acid groups (broad SMARTS) is 1. The third-order valence-electron chi connectivity index (χ3n) is 6.87. The van der Waals surface area contributed by atoms with Gasteiger partial charge in [0, 0.05) is 69.6 Å². The molecule has 2 amide bonds. The highest BCUT2D eigenvalue weighted by Gasteiger charge is 2.38. The van der Waals surface area contributed by atoms with Gasteiger partial charge in [-0.3, -0.25) is 4.79 Å². The average Bonchev–Trinajstić information content (AvgIpc) is 3.49. The smallest absolute Gasteiger partial charge is 0.407 e. The summed E-state index contributed by atoms with van der Waals surface area (Å²) in [4.78, 5) is 33.9. The maximum atomic E-state index is 11.7. The molecule has 1 fully saturated rings. The number of aromatic nitrogens is 3. The first-order valence-electron chi connectivity index (χ1n) is 11.9. The lowest BCUT2D eigenvalue weighted by Gasteiger charge is -2.26. The van der Waals surface area contributed by atoms with E-state index in [1.807, 2.05) is 42.0 Å². The van der Waals surface area contributed by atoms with Gasteiger partial charge in [0.25, 0.3) is 0 Å². The van der Waals surface area contributed by atoms with E-state index in [9.17, 15) is 14.7 Å². The van der Waals surface area contributed by atoms with Crippen molar-refractivity contribution in [1.82, 2.24) is 19.4 Å². The number of carbonyl (C=O) groups excluding carboxylic acids is 1. The Balaban J connectivity index is 1.66. The molecule has 188 valence electrons. The predicted octanol–water partition coefficient (Wildman–Crippen LogP) is 3.72. The van der Waals surface area contributed by atoms with Crippen LogP contribution in [-0.2, 0) is 19.9 Å². The fraction of sp³-hybridized carbons (Fsp3) is 0.385. The summed E-state index contributed by atoms with van der Waals surface area (Å²) in [5, 5.41) is 13.0. The Bertz CT molecular complexity index is 1370. The van der Waals surface area contributed by atoms with Gasteiger partial charge >= 0.3 is 6.09 Å². The molecule has 36 heavy (non-hydrogen) atoms. The molecule has 0 radical (unpaired) electrons. The molecule has 2 aliphatic heterocycles. The average molecular weight is 492 g/mol. The van der Waals surface area contributed by atoms with Gasteiger partial charge in [-0.15, -0.1) is 0 Å². The van der Waals surface area contributed by atoms with Crippen LogP contribution < -0.4 is 5.32 Å². The fourth-order valence-electron chi connectivity index (χ4n) is 4.92. The van der Waals surface area contributed by atoms with E-state index in [-0.39, 0.29) is 5.91 Å². The van der Waals surface area contributed by atoms with Gasteiger partial charge in [0.2, 0.25) is 5.91 Å². The highest BCUT2D eigenvalue weighted by molar-refractivity contribution is 5.97. The summed E-state index contributed by atoms with van der Waals surface area (Å²) in [5.41, 5.74) is 4.10. The third kappa shape index (κ3) is 4.33. The zero-order valence-electron chi connectivity index (χ0n) is 20.6. The number of hydrogen-bond donors (Lipinski definition) is 2. The quantitative estimate of drug-likeness (QED) is 0.558. The van der Waals surface area contributed by atoms with Crippen LogP contribution in [0, 0.1) is 6.92 Å². The van der Waals surface area contributed by atoms with Gasteiger partial charge < -0.3 is 29.4 Å². The lowest BCUT2D eigenvalue weighted by atomic mass is 9.97. The van der Waals surface area contributed by atoms with Crippen LogP contribution in [-0.4, -0.2) is 70.0 Å². The SMILES string of the molecule is CO[C@@]1(c2cc(C)cc(-n3cc(C4=CCN(C(=O)O)CC4)c4cnc(NC(C)=O)cc43)n2)CCOC1. The molecule has 10 heteroatoms. The molecule has 0 unspecified atom stereocenters. The Morgan fingerprint density at radius 1 is 1.28 bits per heavy atom. The topological polar surface area (TPSA) is 119 Å². The number of amides is 2. The first-order chi connectivity index (χ1) is 17.3. The first kappa shape index (κ1) is 24.0. The summed E-state index contributed by atoms with van der Waals surface area (Å²) >= 11 is 0. The van der Waals surface area contributed by atoms with E-state index in [0.717, 1.165) is 39.7 Å². The number of nitrogens with one attached hydrogen (secondary N) is 1. The molecule has 2 N–H and O–H groups in total. The molecule has 1 saturated heterocycles. The number of methoxy groups -OCH3 is 1. The monoisotopic (exact) mass is 491 g/mol. The number of rotatable bonds is 5. The highest BCUT2D eigenvalue weighted by atomic mass is 16.5. The summed E-state index contributed by atoms with van der Waals surface area (Å²) in [6.07, 6.45) is 6.10. The summed E-state index contributed by atoms with van der Waals surface area (Å²) in [5.74, 6) is 0.956. The molecule has 10 nitrogen and oxygen atoms in total. The minimum Gasteiger partial charge on any atom is -0.465 e. The van der Waals surface area contributed by atoms with Gasteiger partial charge in [-0.1, -0.05) is 6.08 Å². The zero-order valence-corrected chi connectivity index (χ0v) is 20.6. The Morgan fingerprint density at radius 3 is 2.75 bits per heavy atom. The van der Waals surface area contributed by atoms with Crippen molar-refractivity contribution in [3.8, 4) is 5.82 Å². The van der Waals surface area contributed by atoms with Crippen molar-refractivity contribution in [1.29, 1.82) is 0 Å². The molecule has 0 aromatic carbocycles. The summed E-state index contributed by atoms with van der Waals surface area (Å²) in [6, 6.07) is 5.87. The maximum absolute atomic E-state index is 11.7. The molecule has 0 spiro atoms. The number of anilines is 1. The summed E-state index contributed by atoms with van der Waals surface area (Å²) in [6.45, 7) is 5.28. The second-order valence-electron chi connectivity index (χ2n) is 9.28.